The lowest BCUT2D eigenvalue weighted by atomic mass is 9.94. The van der Waals surface area contributed by atoms with E-state index in [2.05, 4.69) is 18.8 Å². The average molecular weight is 287 g/mol. The molecule has 0 aliphatic carbocycles. The summed E-state index contributed by atoms with van der Waals surface area (Å²) in [5, 5.41) is 0.481. The number of hydrogen-bond donors (Lipinski definition) is 0. The maximum Gasteiger partial charge on any atom is 0.257 e. The van der Waals surface area contributed by atoms with Gasteiger partial charge in [-0.2, -0.15) is 0 Å². The molecular formula is C13H16Cl2N2O. The molecule has 1 fully saturated rings. The van der Waals surface area contributed by atoms with Crippen LogP contribution >= 0.6 is 23.2 Å². The fraction of sp³-hybridized carbons (Fsp3) is 0.538. The molecule has 1 saturated heterocycles. The van der Waals surface area contributed by atoms with Gasteiger partial charge < -0.3 is 4.90 Å². The molecule has 1 aromatic heterocycles. The van der Waals surface area contributed by atoms with Gasteiger partial charge in [-0.1, -0.05) is 30.1 Å². The van der Waals surface area contributed by atoms with Crippen molar-refractivity contribution in [1.29, 1.82) is 0 Å². The molecule has 3 nitrogen and oxygen atoms in total. The van der Waals surface area contributed by atoms with Gasteiger partial charge in [-0.3, -0.25) is 4.79 Å². The lowest BCUT2D eigenvalue weighted by Gasteiger charge is -2.36. The number of nitrogens with zero attached hydrogens (tertiary/aromatic N) is 2. The number of amides is 1. The Labute approximate surface area is 117 Å². The minimum absolute atomic E-state index is 0.0526. The third kappa shape index (κ3) is 2.78. The first-order valence-corrected chi connectivity index (χ1v) is 6.87. The molecule has 0 aromatic carbocycles. The summed E-state index contributed by atoms with van der Waals surface area (Å²) in [6.45, 7) is 5.01. The fourth-order valence-corrected chi connectivity index (χ4v) is 2.72. The van der Waals surface area contributed by atoms with E-state index in [0.717, 1.165) is 19.4 Å². The number of halogens is 2. The van der Waals surface area contributed by atoms with Gasteiger partial charge in [-0.25, -0.2) is 4.98 Å². The number of piperidine rings is 1. The molecule has 0 bridgehead atoms. The van der Waals surface area contributed by atoms with Gasteiger partial charge in [0.2, 0.25) is 0 Å². The summed E-state index contributed by atoms with van der Waals surface area (Å²) in [5.74, 6) is 0.479. The number of rotatable bonds is 1. The zero-order valence-electron chi connectivity index (χ0n) is 10.5. The van der Waals surface area contributed by atoms with E-state index >= 15 is 0 Å². The molecule has 1 amide bonds. The summed E-state index contributed by atoms with van der Waals surface area (Å²) in [6.07, 6.45) is 2.20. The highest BCUT2D eigenvalue weighted by Gasteiger charge is 2.28. The minimum Gasteiger partial charge on any atom is -0.336 e. The zero-order chi connectivity index (χ0) is 13.3. The number of aromatic nitrogens is 1. The summed E-state index contributed by atoms with van der Waals surface area (Å²) in [7, 11) is 0. The summed E-state index contributed by atoms with van der Waals surface area (Å²) < 4.78 is 0. The molecule has 0 radical (unpaired) electrons. The van der Waals surface area contributed by atoms with E-state index in [9.17, 15) is 4.79 Å². The fourth-order valence-electron chi connectivity index (χ4n) is 2.30. The van der Waals surface area contributed by atoms with Gasteiger partial charge in [0.05, 0.1) is 5.56 Å². The van der Waals surface area contributed by atoms with E-state index in [0.29, 0.717) is 16.6 Å². The molecular weight excluding hydrogens is 271 g/mol. The molecule has 5 heteroatoms. The monoisotopic (exact) mass is 286 g/mol. The van der Waals surface area contributed by atoms with E-state index in [1.54, 1.807) is 12.1 Å². The second-order valence-corrected chi connectivity index (χ2v) is 5.71. The molecule has 0 N–H and O–H groups in total. The summed E-state index contributed by atoms with van der Waals surface area (Å²) >= 11 is 11.7. The summed E-state index contributed by atoms with van der Waals surface area (Å²) in [5.41, 5.74) is 0.432. The van der Waals surface area contributed by atoms with Crippen LogP contribution in [0.5, 0.6) is 0 Å². The molecule has 1 aliphatic heterocycles. The molecule has 2 heterocycles. The molecule has 1 aliphatic rings. The van der Waals surface area contributed by atoms with E-state index < -0.39 is 0 Å². The van der Waals surface area contributed by atoms with Crippen LogP contribution in [0.25, 0.3) is 0 Å². The van der Waals surface area contributed by atoms with Crippen molar-refractivity contribution < 1.29 is 4.79 Å². The maximum atomic E-state index is 12.4. The molecule has 98 valence electrons. The van der Waals surface area contributed by atoms with E-state index in [1.165, 1.54) is 0 Å². The van der Waals surface area contributed by atoms with Crippen LogP contribution in [-0.2, 0) is 0 Å². The van der Waals surface area contributed by atoms with E-state index in [-0.39, 0.29) is 17.1 Å². The largest absolute Gasteiger partial charge is 0.336 e. The molecule has 2 atom stereocenters. The van der Waals surface area contributed by atoms with Gasteiger partial charge in [0.25, 0.3) is 5.91 Å². The van der Waals surface area contributed by atoms with Crippen LogP contribution in [0, 0.1) is 5.92 Å². The standard InChI is InChI=1S/C13H16Cl2N2O/c1-8-3-4-9(2)17(7-8)13(18)10-5-6-11(14)16-12(10)15/h5-6,8-9H,3-4,7H2,1-2H3. The van der Waals surface area contributed by atoms with Crippen molar-refractivity contribution in [3.63, 3.8) is 0 Å². The van der Waals surface area contributed by atoms with Gasteiger partial charge >= 0.3 is 0 Å². The number of pyridine rings is 1. The molecule has 0 saturated carbocycles. The maximum absolute atomic E-state index is 12.4. The van der Waals surface area contributed by atoms with Gasteiger partial charge in [0.15, 0.2) is 0 Å². The van der Waals surface area contributed by atoms with Crippen molar-refractivity contribution in [2.24, 2.45) is 5.92 Å². The molecule has 0 spiro atoms. The Morgan fingerprint density at radius 1 is 1.33 bits per heavy atom. The number of likely N-dealkylation sites (tertiary alicyclic amines) is 1. The van der Waals surface area contributed by atoms with Crippen LogP contribution in [0.4, 0.5) is 0 Å². The quantitative estimate of drug-likeness (QED) is 0.739. The highest BCUT2D eigenvalue weighted by Crippen LogP contribution is 2.25. The van der Waals surface area contributed by atoms with Crippen molar-refractivity contribution in [2.75, 3.05) is 6.54 Å². The Morgan fingerprint density at radius 3 is 2.72 bits per heavy atom. The van der Waals surface area contributed by atoms with E-state index in [4.69, 9.17) is 23.2 Å². The van der Waals surface area contributed by atoms with Crippen molar-refractivity contribution in [1.82, 2.24) is 9.88 Å². The van der Waals surface area contributed by atoms with Crippen molar-refractivity contribution in [2.45, 2.75) is 32.7 Å². The Kier molecular flexibility index (Phi) is 4.13. The van der Waals surface area contributed by atoms with Gasteiger partial charge in [0, 0.05) is 12.6 Å². The first-order valence-electron chi connectivity index (χ1n) is 6.12. The number of hydrogen-bond acceptors (Lipinski definition) is 2. The summed E-state index contributed by atoms with van der Waals surface area (Å²) in [6, 6.07) is 3.49. The first-order chi connectivity index (χ1) is 8.49. The average Bonchev–Trinajstić information content (AvgIpc) is 2.31. The predicted octanol–water partition coefficient (Wildman–Crippen LogP) is 3.65. The molecule has 18 heavy (non-hydrogen) atoms. The topological polar surface area (TPSA) is 33.2 Å². The molecule has 2 unspecified atom stereocenters. The SMILES string of the molecule is CC1CCC(C)N(C(=O)c2ccc(Cl)nc2Cl)C1. The summed E-state index contributed by atoms with van der Waals surface area (Å²) in [4.78, 5) is 18.2. The van der Waals surface area contributed by atoms with Crippen LogP contribution in [0.2, 0.25) is 10.3 Å². The second-order valence-electron chi connectivity index (χ2n) is 4.96. The minimum atomic E-state index is -0.0526. The lowest BCUT2D eigenvalue weighted by Crippen LogP contribution is -2.45. The normalized spacial score (nSPS) is 24.1. The van der Waals surface area contributed by atoms with Crippen LogP contribution in [-0.4, -0.2) is 28.4 Å². The number of carbonyl (C=O) groups is 1. The Morgan fingerprint density at radius 2 is 2.06 bits per heavy atom. The van der Waals surface area contributed by atoms with Gasteiger partial charge in [-0.05, 0) is 37.8 Å². The Hall–Kier alpha value is -0.800. The van der Waals surface area contributed by atoms with E-state index in [1.807, 2.05) is 4.90 Å². The highest BCUT2D eigenvalue weighted by molar-refractivity contribution is 6.34. The lowest BCUT2D eigenvalue weighted by molar-refractivity contribution is 0.0574. The Bertz CT molecular complexity index is 464. The molecule has 1 aromatic rings. The third-order valence-electron chi connectivity index (χ3n) is 3.42. The zero-order valence-corrected chi connectivity index (χ0v) is 12.0. The van der Waals surface area contributed by atoms with Crippen molar-refractivity contribution >= 4 is 29.1 Å². The van der Waals surface area contributed by atoms with Crippen LogP contribution in [0.15, 0.2) is 12.1 Å². The van der Waals surface area contributed by atoms with Crippen LogP contribution < -0.4 is 0 Å². The van der Waals surface area contributed by atoms with Crippen LogP contribution in [0.3, 0.4) is 0 Å². The highest BCUT2D eigenvalue weighted by atomic mass is 35.5. The Balaban J connectivity index is 2.24. The van der Waals surface area contributed by atoms with Crippen LogP contribution in [0.1, 0.15) is 37.0 Å². The number of carbonyl (C=O) groups excluding carboxylic acids is 1. The van der Waals surface area contributed by atoms with Crippen molar-refractivity contribution in [3.05, 3.63) is 28.0 Å². The first kappa shape index (κ1) is 13.6. The van der Waals surface area contributed by atoms with Gasteiger partial charge in [0.1, 0.15) is 10.3 Å². The van der Waals surface area contributed by atoms with Crippen molar-refractivity contribution in [3.8, 4) is 0 Å². The second kappa shape index (κ2) is 5.45. The van der Waals surface area contributed by atoms with Gasteiger partial charge in [-0.15, -0.1) is 0 Å². The smallest absolute Gasteiger partial charge is 0.257 e. The predicted molar refractivity (Wildman–Crippen MR) is 73.2 cm³/mol. The molecule has 2 rings (SSSR count). The third-order valence-corrected chi connectivity index (χ3v) is 3.92.